The van der Waals surface area contributed by atoms with Crippen LogP contribution in [-0.2, 0) is 4.74 Å². The number of benzene rings is 1. The predicted molar refractivity (Wildman–Crippen MR) is 84.4 cm³/mol. The first-order chi connectivity index (χ1) is 10.4. The standard InChI is InChI=1S/C16H16ClFN2O2/c1-9(2)15-13(6-7-14(20-15)16(21)22-3)19-10-4-5-11(17)12(18)8-10/h4-9,19H,1-3H3. The van der Waals surface area contributed by atoms with Gasteiger partial charge in [-0.3, -0.25) is 0 Å². The van der Waals surface area contributed by atoms with Gasteiger partial charge in [0.1, 0.15) is 11.5 Å². The van der Waals surface area contributed by atoms with Crippen molar-refractivity contribution < 1.29 is 13.9 Å². The van der Waals surface area contributed by atoms with Crippen LogP contribution in [0.2, 0.25) is 5.02 Å². The quantitative estimate of drug-likeness (QED) is 0.840. The lowest BCUT2D eigenvalue weighted by Gasteiger charge is -2.15. The monoisotopic (exact) mass is 322 g/mol. The van der Waals surface area contributed by atoms with Crippen LogP contribution in [0.15, 0.2) is 30.3 Å². The molecule has 4 nitrogen and oxygen atoms in total. The third kappa shape index (κ3) is 3.54. The fourth-order valence-corrected chi connectivity index (χ4v) is 2.09. The summed E-state index contributed by atoms with van der Waals surface area (Å²) < 4.78 is 18.2. The number of aromatic nitrogens is 1. The van der Waals surface area contributed by atoms with Crippen molar-refractivity contribution in [3.05, 3.63) is 52.6 Å². The van der Waals surface area contributed by atoms with Crippen molar-refractivity contribution >= 4 is 28.9 Å². The molecule has 0 atom stereocenters. The van der Waals surface area contributed by atoms with Crippen LogP contribution in [-0.4, -0.2) is 18.1 Å². The molecule has 0 aliphatic heterocycles. The largest absolute Gasteiger partial charge is 0.464 e. The molecular formula is C16H16ClFN2O2. The number of nitrogens with one attached hydrogen (secondary N) is 1. The molecule has 1 N–H and O–H groups in total. The summed E-state index contributed by atoms with van der Waals surface area (Å²) in [5.74, 6) is -0.924. The van der Waals surface area contributed by atoms with E-state index in [0.29, 0.717) is 17.1 Å². The number of anilines is 2. The van der Waals surface area contributed by atoms with Gasteiger partial charge in [0.2, 0.25) is 0 Å². The van der Waals surface area contributed by atoms with Crippen molar-refractivity contribution in [1.82, 2.24) is 4.98 Å². The van der Waals surface area contributed by atoms with E-state index in [1.807, 2.05) is 13.8 Å². The molecule has 0 spiro atoms. The Bertz CT molecular complexity index is 705. The zero-order chi connectivity index (χ0) is 16.3. The molecule has 116 valence electrons. The zero-order valence-electron chi connectivity index (χ0n) is 12.5. The molecule has 1 heterocycles. The van der Waals surface area contributed by atoms with E-state index in [4.69, 9.17) is 11.6 Å². The minimum atomic E-state index is -0.503. The van der Waals surface area contributed by atoms with Gasteiger partial charge in [-0.1, -0.05) is 25.4 Å². The fraction of sp³-hybridized carbons (Fsp3) is 0.250. The smallest absolute Gasteiger partial charge is 0.356 e. The summed E-state index contributed by atoms with van der Waals surface area (Å²) in [7, 11) is 1.31. The summed E-state index contributed by atoms with van der Waals surface area (Å²) in [6.07, 6.45) is 0. The SMILES string of the molecule is COC(=O)c1ccc(Nc2ccc(Cl)c(F)c2)c(C(C)C)n1. The molecule has 2 rings (SSSR count). The minimum Gasteiger partial charge on any atom is -0.464 e. The number of methoxy groups -OCH3 is 1. The summed E-state index contributed by atoms with van der Waals surface area (Å²) in [4.78, 5) is 15.9. The minimum absolute atomic E-state index is 0.0637. The van der Waals surface area contributed by atoms with Crippen LogP contribution < -0.4 is 5.32 Å². The Balaban J connectivity index is 2.37. The maximum absolute atomic E-state index is 13.5. The molecule has 22 heavy (non-hydrogen) atoms. The Hall–Kier alpha value is -2.14. The average Bonchev–Trinajstić information content (AvgIpc) is 2.50. The molecule has 2 aromatic rings. The maximum Gasteiger partial charge on any atom is 0.356 e. The van der Waals surface area contributed by atoms with Crippen LogP contribution in [0.5, 0.6) is 0 Å². The van der Waals surface area contributed by atoms with Gasteiger partial charge in [0, 0.05) is 5.69 Å². The van der Waals surface area contributed by atoms with Gasteiger partial charge >= 0.3 is 5.97 Å². The number of carbonyl (C=O) groups excluding carboxylic acids is 1. The van der Waals surface area contributed by atoms with Crippen molar-refractivity contribution in [3.63, 3.8) is 0 Å². The van der Waals surface area contributed by atoms with Crippen molar-refractivity contribution in [2.75, 3.05) is 12.4 Å². The summed E-state index contributed by atoms with van der Waals surface area (Å²) in [5.41, 5.74) is 2.18. The fourth-order valence-electron chi connectivity index (χ4n) is 1.97. The van der Waals surface area contributed by atoms with E-state index in [1.165, 1.54) is 19.2 Å². The number of halogens is 2. The van der Waals surface area contributed by atoms with E-state index in [9.17, 15) is 9.18 Å². The molecule has 0 unspecified atom stereocenters. The summed E-state index contributed by atoms with van der Waals surface area (Å²) in [5, 5.41) is 3.16. The number of hydrogen-bond donors (Lipinski definition) is 1. The van der Waals surface area contributed by atoms with Gasteiger partial charge in [-0.05, 0) is 36.2 Å². The first kappa shape index (κ1) is 16.2. The molecule has 0 aliphatic carbocycles. The van der Waals surface area contributed by atoms with Crippen LogP contribution in [0, 0.1) is 5.82 Å². The van der Waals surface area contributed by atoms with Crippen LogP contribution in [0.4, 0.5) is 15.8 Å². The normalized spacial score (nSPS) is 10.6. The Kier molecular flexibility index (Phi) is 4.98. The van der Waals surface area contributed by atoms with E-state index in [0.717, 1.165) is 0 Å². The van der Waals surface area contributed by atoms with Crippen LogP contribution >= 0.6 is 11.6 Å². The third-order valence-corrected chi connectivity index (χ3v) is 3.37. The predicted octanol–water partition coefficient (Wildman–Crippen LogP) is 4.53. The Labute approximate surface area is 133 Å². The Morgan fingerprint density at radius 2 is 2.05 bits per heavy atom. The second-order valence-corrected chi connectivity index (χ2v) is 5.44. The van der Waals surface area contributed by atoms with Gasteiger partial charge in [-0.25, -0.2) is 14.2 Å². The van der Waals surface area contributed by atoms with Gasteiger partial charge in [0.25, 0.3) is 0 Å². The van der Waals surface area contributed by atoms with Gasteiger partial charge < -0.3 is 10.1 Å². The molecule has 1 aromatic heterocycles. The first-order valence-electron chi connectivity index (χ1n) is 6.73. The Morgan fingerprint density at radius 3 is 2.64 bits per heavy atom. The number of esters is 1. The molecule has 0 fully saturated rings. The second kappa shape index (κ2) is 6.75. The molecule has 0 aliphatic rings. The van der Waals surface area contributed by atoms with Crippen molar-refractivity contribution in [2.24, 2.45) is 0 Å². The Morgan fingerprint density at radius 1 is 1.32 bits per heavy atom. The first-order valence-corrected chi connectivity index (χ1v) is 7.11. The topological polar surface area (TPSA) is 51.2 Å². The lowest BCUT2D eigenvalue weighted by Crippen LogP contribution is -2.09. The molecule has 0 saturated carbocycles. The molecule has 6 heteroatoms. The average molecular weight is 323 g/mol. The van der Waals surface area contributed by atoms with Crippen LogP contribution in [0.1, 0.15) is 35.9 Å². The number of pyridine rings is 1. The highest BCUT2D eigenvalue weighted by Crippen LogP contribution is 2.27. The van der Waals surface area contributed by atoms with Crippen molar-refractivity contribution in [3.8, 4) is 0 Å². The number of ether oxygens (including phenoxy) is 1. The highest BCUT2D eigenvalue weighted by atomic mass is 35.5. The zero-order valence-corrected chi connectivity index (χ0v) is 13.2. The summed E-state index contributed by atoms with van der Waals surface area (Å²) in [6, 6.07) is 7.74. The molecule has 0 saturated heterocycles. The number of rotatable bonds is 4. The number of carbonyl (C=O) groups is 1. The lowest BCUT2D eigenvalue weighted by atomic mass is 10.1. The molecular weight excluding hydrogens is 307 g/mol. The number of nitrogens with zero attached hydrogens (tertiary/aromatic N) is 1. The highest BCUT2D eigenvalue weighted by Gasteiger charge is 2.14. The van der Waals surface area contributed by atoms with Gasteiger partial charge in [-0.2, -0.15) is 0 Å². The van der Waals surface area contributed by atoms with Gasteiger partial charge in [0.05, 0.1) is 23.5 Å². The maximum atomic E-state index is 13.5. The summed E-state index contributed by atoms with van der Waals surface area (Å²) >= 11 is 5.67. The van der Waals surface area contributed by atoms with Crippen molar-refractivity contribution in [2.45, 2.75) is 19.8 Å². The van der Waals surface area contributed by atoms with E-state index in [-0.39, 0.29) is 16.6 Å². The molecule has 0 bridgehead atoms. The molecule has 0 radical (unpaired) electrons. The van der Waals surface area contributed by atoms with Gasteiger partial charge in [0.15, 0.2) is 0 Å². The molecule has 0 amide bonds. The van der Waals surface area contributed by atoms with E-state index in [1.54, 1.807) is 18.2 Å². The molecule has 1 aromatic carbocycles. The van der Waals surface area contributed by atoms with Gasteiger partial charge in [-0.15, -0.1) is 0 Å². The highest BCUT2D eigenvalue weighted by molar-refractivity contribution is 6.30. The van der Waals surface area contributed by atoms with E-state index in [2.05, 4.69) is 15.0 Å². The second-order valence-electron chi connectivity index (χ2n) is 5.03. The summed E-state index contributed by atoms with van der Waals surface area (Å²) in [6.45, 7) is 3.91. The third-order valence-electron chi connectivity index (χ3n) is 3.06. The van der Waals surface area contributed by atoms with Crippen molar-refractivity contribution in [1.29, 1.82) is 0 Å². The van der Waals surface area contributed by atoms with E-state index < -0.39 is 11.8 Å². The van der Waals surface area contributed by atoms with Crippen LogP contribution in [0.25, 0.3) is 0 Å². The van der Waals surface area contributed by atoms with E-state index >= 15 is 0 Å². The lowest BCUT2D eigenvalue weighted by molar-refractivity contribution is 0.0593. The number of hydrogen-bond acceptors (Lipinski definition) is 4. The van der Waals surface area contributed by atoms with Crippen LogP contribution in [0.3, 0.4) is 0 Å².